The summed E-state index contributed by atoms with van der Waals surface area (Å²) >= 11 is 5.63. The standard InChI is InChI=1S/C9H6ClNO3S/c10-8-2-1-6(15(14)4-3-11)5-7(8)9(12)13/h1-2,5H,4H2,(H,12,13). The summed E-state index contributed by atoms with van der Waals surface area (Å²) in [6.45, 7) is 0. The molecule has 1 unspecified atom stereocenters. The second-order valence-corrected chi connectivity index (χ2v) is 4.45. The van der Waals surface area contributed by atoms with Crippen molar-refractivity contribution in [2.24, 2.45) is 0 Å². The van der Waals surface area contributed by atoms with Crippen molar-refractivity contribution in [1.82, 2.24) is 0 Å². The summed E-state index contributed by atoms with van der Waals surface area (Å²) in [6.07, 6.45) is 0. The Labute approximate surface area is 93.6 Å². The number of nitrogens with zero attached hydrogens (tertiary/aromatic N) is 1. The van der Waals surface area contributed by atoms with Gasteiger partial charge in [-0.05, 0) is 18.2 Å². The molecular weight excluding hydrogens is 238 g/mol. The number of aromatic carboxylic acids is 1. The van der Waals surface area contributed by atoms with Crippen molar-refractivity contribution in [1.29, 1.82) is 5.26 Å². The predicted molar refractivity (Wildman–Crippen MR) is 55.3 cm³/mol. The summed E-state index contributed by atoms with van der Waals surface area (Å²) in [4.78, 5) is 11.0. The summed E-state index contributed by atoms with van der Waals surface area (Å²) < 4.78 is 11.4. The number of benzene rings is 1. The molecule has 0 aliphatic carbocycles. The van der Waals surface area contributed by atoms with E-state index in [4.69, 9.17) is 22.0 Å². The number of carbonyl (C=O) groups is 1. The quantitative estimate of drug-likeness (QED) is 0.876. The third kappa shape index (κ3) is 2.78. The lowest BCUT2D eigenvalue weighted by atomic mass is 10.2. The van der Waals surface area contributed by atoms with Crippen LogP contribution in [0.2, 0.25) is 5.02 Å². The lowest BCUT2D eigenvalue weighted by molar-refractivity contribution is 0.0697. The molecule has 0 fully saturated rings. The second kappa shape index (κ2) is 4.91. The number of halogens is 1. The number of nitriles is 1. The van der Waals surface area contributed by atoms with Crippen molar-refractivity contribution in [3.63, 3.8) is 0 Å². The molecule has 78 valence electrons. The van der Waals surface area contributed by atoms with Gasteiger partial charge < -0.3 is 5.11 Å². The summed E-state index contributed by atoms with van der Waals surface area (Å²) in [7, 11) is -1.50. The number of carboxylic acids is 1. The van der Waals surface area contributed by atoms with Crippen LogP contribution in [0.1, 0.15) is 10.4 Å². The Kier molecular flexibility index (Phi) is 3.83. The molecule has 15 heavy (non-hydrogen) atoms. The molecule has 0 saturated heterocycles. The molecule has 0 bridgehead atoms. The van der Waals surface area contributed by atoms with Crippen LogP contribution in [0, 0.1) is 11.3 Å². The van der Waals surface area contributed by atoms with Gasteiger partial charge in [0.25, 0.3) is 0 Å². The second-order valence-electron chi connectivity index (χ2n) is 2.59. The van der Waals surface area contributed by atoms with E-state index in [9.17, 15) is 9.00 Å². The Bertz CT molecular complexity index is 467. The van der Waals surface area contributed by atoms with Gasteiger partial charge in [-0.25, -0.2) is 4.79 Å². The molecule has 1 N–H and O–H groups in total. The molecule has 0 heterocycles. The third-order valence-corrected chi connectivity index (χ3v) is 3.13. The van der Waals surface area contributed by atoms with Crippen LogP contribution in [0.25, 0.3) is 0 Å². The Morgan fingerprint density at radius 1 is 1.60 bits per heavy atom. The number of rotatable bonds is 3. The van der Waals surface area contributed by atoms with Gasteiger partial charge in [0.05, 0.1) is 27.5 Å². The maximum absolute atomic E-state index is 11.4. The largest absolute Gasteiger partial charge is 0.478 e. The SMILES string of the molecule is N#CCS(=O)c1ccc(Cl)c(C(=O)O)c1. The van der Waals surface area contributed by atoms with E-state index >= 15 is 0 Å². The third-order valence-electron chi connectivity index (χ3n) is 1.63. The Morgan fingerprint density at radius 3 is 2.80 bits per heavy atom. The van der Waals surface area contributed by atoms with Gasteiger partial charge in [-0.2, -0.15) is 5.26 Å². The molecule has 0 spiro atoms. The summed E-state index contributed by atoms with van der Waals surface area (Å²) in [5.74, 6) is -1.35. The lowest BCUT2D eigenvalue weighted by Gasteiger charge is -2.01. The van der Waals surface area contributed by atoms with E-state index in [2.05, 4.69) is 0 Å². The van der Waals surface area contributed by atoms with Crippen LogP contribution < -0.4 is 0 Å². The van der Waals surface area contributed by atoms with Gasteiger partial charge in [0.2, 0.25) is 0 Å². The minimum Gasteiger partial charge on any atom is -0.478 e. The molecule has 6 heteroatoms. The average Bonchev–Trinajstić information content (AvgIpc) is 2.18. The van der Waals surface area contributed by atoms with Gasteiger partial charge in [0, 0.05) is 4.90 Å². The highest BCUT2D eigenvalue weighted by Crippen LogP contribution is 2.19. The smallest absolute Gasteiger partial charge is 0.337 e. The van der Waals surface area contributed by atoms with E-state index in [1.54, 1.807) is 6.07 Å². The number of hydrogen-bond donors (Lipinski definition) is 1. The van der Waals surface area contributed by atoms with Gasteiger partial charge in [-0.3, -0.25) is 4.21 Å². The zero-order chi connectivity index (χ0) is 11.4. The fourth-order valence-corrected chi connectivity index (χ4v) is 1.90. The van der Waals surface area contributed by atoms with E-state index < -0.39 is 16.8 Å². The minimum atomic E-state index is -1.50. The van der Waals surface area contributed by atoms with Crippen molar-refractivity contribution >= 4 is 28.4 Å². The van der Waals surface area contributed by atoms with Crippen molar-refractivity contribution in [2.45, 2.75) is 4.90 Å². The fraction of sp³-hybridized carbons (Fsp3) is 0.111. The molecular formula is C9H6ClNO3S. The first kappa shape index (κ1) is 11.7. The Balaban J connectivity index is 3.14. The van der Waals surface area contributed by atoms with Gasteiger partial charge in [0.15, 0.2) is 0 Å². The fourth-order valence-electron chi connectivity index (χ4n) is 0.952. The van der Waals surface area contributed by atoms with Crippen molar-refractivity contribution in [3.8, 4) is 6.07 Å². The van der Waals surface area contributed by atoms with Crippen LogP contribution in [-0.4, -0.2) is 21.0 Å². The van der Waals surface area contributed by atoms with E-state index in [-0.39, 0.29) is 16.3 Å². The van der Waals surface area contributed by atoms with E-state index in [0.29, 0.717) is 4.90 Å². The van der Waals surface area contributed by atoms with Crippen molar-refractivity contribution in [2.75, 3.05) is 5.75 Å². The van der Waals surface area contributed by atoms with E-state index in [1.165, 1.54) is 18.2 Å². The van der Waals surface area contributed by atoms with Gasteiger partial charge >= 0.3 is 5.97 Å². The van der Waals surface area contributed by atoms with Gasteiger partial charge in [-0.15, -0.1) is 0 Å². The topological polar surface area (TPSA) is 78.2 Å². The molecule has 0 saturated carbocycles. The van der Waals surface area contributed by atoms with Crippen LogP contribution in [0.4, 0.5) is 0 Å². The van der Waals surface area contributed by atoms with Crippen molar-refractivity contribution in [3.05, 3.63) is 28.8 Å². The lowest BCUT2D eigenvalue weighted by Crippen LogP contribution is -2.01. The number of hydrogen-bond acceptors (Lipinski definition) is 3. The van der Waals surface area contributed by atoms with Gasteiger partial charge in [0.1, 0.15) is 5.75 Å². The highest BCUT2D eigenvalue weighted by Gasteiger charge is 2.12. The first-order chi connectivity index (χ1) is 7.06. The van der Waals surface area contributed by atoms with E-state index in [1.807, 2.05) is 0 Å². The molecule has 0 aliphatic rings. The van der Waals surface area contributed by atoms with Crippen LogP contribution in [0.3, 0.4) is 0 Å². The van der Waals surface area contributed by atoms with Crippen LogP contribution in [0.5, 0.6) is 0 Å². The molecule has 1 aromatic carbocycles. The number of carboxylic acid groups (broad SMARTS) is 1. The first-order valence-electron chi connectivity index (χ1n) is 3.84. The molecule has 4 nitrogen and oxygen atoms in total. The molecule has 1 aromatic rings. The first-order valence-corrected chi connectivity index (χ1v) is 5.54. The zero-order valence-electron chi connectivity index (χ0n) is 7.44. The molecule has 0 aliphatic heterocycles. The molecule has 0 radical (unpaired) electrons. The van der Waals surface area contributed by atoms with Crippen LogP contribution >= 0.6 is 11.6 Å². The summed E-state index contributed by atoms with van der Waals surface area (Å²) in [5, 5.41) is 17.2. The maximum Gasteiger partial charge on any atom is 0.337 e. The predicted octanol–water partition coefficient (Wildman–Crippen LogP) is 1.67. The van der Waals surface area contributed by atoms with E-state index in [0.717, 1.165) is 0 Å². The maximum atomic E-state index is 11.4. The normalized spacial score (nSPS) is 11.7. The molecule has 0 amide bonds. The van der Waals surface area contributed by atoms with Gasteiger partial charge in [-0.1, -0.05) is 11.6 Å². The van der Waals surface area contributed by atoms with Crippen LogP contribution in [-0.2, 0) is 10.8 Å². The highest BCUT2D eigenvalue weighted by atomic mass is 35.5. The zero-order valence-corrected chi connectivity index (χ0v) is 9.01. The highest BCUT2D eigenvalue weighted by molar-refractivity contribution is 7.85. The summed E-state index contributed by atoms with van der Waals surface area (Å²) in [5.41, 5.74) is -0.111. The van der Waals surface area contributed by atoms with Crippen molar-refractivity contribution < 1.29 is 14.1 Å². The molecule has 0 aromatic heterocycles. The summed E-state index contributed by atoms with van der Waals surface area (Å²) in [6, 6.07) is 5.77. The monoisotopic (exact) mass is 243 g/mol. The Hall–Kier alpha value is -1.38. The Morgan fingerprint density at radius 2 is 2.27 bits per heavy atom. The van der Waals surface area contributed by atoms with Crippen LogP contribution in [0.15, 0.2) is 23.1 Å². The molecule has 1 atom stereocenters. The molecule has 1 rings (SSSR count). The minimum absolute atomic E-state index is 0.0835. The average molecular weight is 244 g/mol.